The van der Waals surface area contributed by atoms with Crippen LogP contribution in [0.1, 0.15) is 31.3 Å². The summed E-state index contributed by atoms with van der Waals surface area (Å²) < 4.78 is 27.1. The third-order valence-electron chi connectivity index (χ3n) is 2.39. The van der Waals surface area contributed by atoms with Crippen molar-refractivity contribution in [1.82, 2.24) is 9.78 Å². The van der Waals surface area contributed by atoms with E-state index in [1.807, 2.05) is 13.8 Å². The molecule has 7 nitrogen and oxygen atoms in total. The lowest BCUT2D eigenvalue weighted by atomic mass is 10.3. The number of aromatic nitrogens is 2. The van der Waals surface area contributed by atoms with Gasteiger partial charge in [0, 0.05) is 6.04 Å². The largest absolute Gasteiger partial charge is 0.480 e. The Hall–Kier alpha value is -1.57. The molecule has 102 valence electrons. The molecule has 0 aliphatic rings. The molecule has 1 rings (SSSR count). The van der Waals surface area contributed by atoms with Gasteiger partial charge < -0.3 is 5.11 Å². The van der Waals surface area contributed by atoms with Crippen molar-refractivity contribution in [2.24, 2.45) is 0 Å². The minimum atomic E-state index is -3.89. The highest BCUT2D eigenvalue weighted by atomic mass is 32.2. The van der Waals surface area contributed by atoms with Crippen LogP contribution >= 0.6 is 0 Å². The number of carbonyl (C=O) groups is 1. The average Bonchev–Trinajstić information content (AvgIpc) is 2.43. The predicted molar refractivity (Wildman–Crippen MR) is 67.1 cm³/mol. The molecule has 0 aliphatic carbocycles. The van der Waals surface area contributed by atoms with Crippen molar-refractivity contribution in [3.63, 3.8) is 0 Å². The van der Waals surface area contributed by atoms with Crippen molar-refractivity contribution in [3.8, 4) is 0 Å². The van der Waals surface area contributed by atoms with Gasteiger partial charge in [-0.05, 0) is 27.7 Å². The van der Waals surface area contributed by atoms with Crippen LogP contribution in [0.3, 0.4) is 0 Å². The zero-order valence-electron chi connectivity index (χ0n) is 10.8. The Kier molecular flexibility index (Phi) is 4.00. The second kappa shape index (κ2) is 4.97. The van der Waals surface area contributed by atoms with E-state index in [1.165, 1.54) is 0 Å². The molecule has 0 radical (unpaired) electrons. The summed E-state index contributed by atoms with van der Waals surface area (Å²) in [6.07, 6.45) is 0. The first kappa shape index (κ1) is 14.5. The van der Waals surface area contributed by atoms with E-state index < -0.39 is 21.7 Å². The molecule has 0 spiro atoms. The van der Waals surface area contributed by atoms with Crippen molar-refractivity contribution >= 4 is 21.7 Å². The minimum Gasteiger partial charge on any atom is -0.480 e. The maximum absolute atomic E-state index is 11.6. The molecule has 0 bridgehead atoms. The fraction of sp³-hybridized carbons (Fsp3) is 0.600. The summed E-state index contributed by atoms with van der Waals surface area (Å²) in [6.45, 7) is 7.26. The maximum atomic E-state index is 11.6. The Morgan fingerprint density at radius 1 is 1.44 bits per heavy atom. The number of carboxylic acid groups (broad SMARTS) is 1. The first-order valence-electron chi connectivity index (χ1n) is 5.42. The van der Waals surface area contributed by atoms with E-state index in [9.17, 15) is 13.2 Å². The molecule has 0 amide bonds. The second-order valence-corrected chi connectivity index (χ2v) is 6.06. The SMILES string of the molecule is Cc1nn(C(C)C)c(C)c1NS(=O)(=O)CC(=O)O. The van der Waals surface area contributed by atoms with Crippen LogP contribution in [-0.2, 0) is 14.8 Å². The van der Waals surface area contributed by atoms with Crippen molar-refractivity contribution in [1.29, 1.82) is 0 Å². The Bertz CT molecular complexity index is 560. The Balaban J connectivity index is 3.09. The Labute approximate surface area is 106 Å². The van der Waals surface area contributed by atoms with Gasteiger partial charge in [-0.15, -0.1) is 0 Å². The number of aliphatic carboxylic acids is 1. The quantitative estimate of drug-likeness (QED) is 0.831. The Morgan fingerprint density at radius 2 is 2.00 bits per heavy atom. The van der Waals surface area contributed by atoms with Gasteiger partial charge in [0.1, 0.15) is 0 Å². The Morgan fingerprint density at radius 3 is 2.39 bits per heavy atom. The highest BCUT2D eigenvalue weighted by molar-refractivity contribution is 7.93. The second-order valence-electron chi connectivity index (χ2n) is 4.34. The van der Waals surface area contributed by atoms with Crippen LogP contribution < -0.4 is 4.72 Å². The van der Waals surface area contributed by atoms with Gasteiger partial charge in [-0.3, -0.25) is 14.2 Å². The molecule has 0 aromatic carbocycles. The van der Waals surface area contributed by atoms with E-state index >= 15 is 0 Å². The molecule has 1 aromatic heterocycles. The van der Waals surface area contributed by atoms with Gasteiger partial charge in [-0.1, -0.05) is 0 Å². The smallest absolute Gasteiger partial charge is 0.320 e. The van der Waals surface area contributed by atoms with Crippen molar-refractivity contribution in [2.75, 3.05) is 10.5 Å². The number of hydrogen-bond donors (Lipinski definition) is 2. The number of anilines is 1. The molecular weight excluding hydrogens is 258 g/mol. The normalized spacial score (nSPS) is 11.8. The fourth-order valence-corrected chi connectivity index (χ4v) is 2.67. The molecule has 8 heteroatoms. The summed E-state index contributed by atoms with van der Waals surface area (Å²) in [5.74, 6) is -2.35. The zero-order chi connectivity index (χ0) is 14.1. The molecule has 18 heavy (non-hydrogen) atoms. The molecule has 1 aromatic rings. The van der Waals surface area contributed by atoms with Crippen LogP contribution in [0.2, 0.25) is 0 Å². The van der Waals surface area contributed by atoms with E-state index in [0.717, 1.165) is 0 Å². The summed E-state index contributed by atoms with van der Waals surface area (Å²) >= 11 is 0. The molecule has 1 heterocycles. The number of rotatable bonds is 5. The number of sulfonamides is 1. The highest BCUT2D eigenvalue weighted by Crippen LogP contribution is 2.23. The molecule has 0 saturated heterocycles. The topological polar surface area (TPSA) is 101 Å². The highest BCUT2D eigenvalue weighted by Gasteiger charge is 2.21. The number of carboxylic acids is 1. The van der Waals surface area contributed by atoms with Crippen LogP contribution in [-0.4, -0.2) is 35.0 Å². The lowest BCUT2D eigenvalue weighted by Gasteiger charge is -2.09. The molecule has 0 unspecified atom stereocenters. The van der Waals surface area contributed by atoms with E-state index in [2.05, 4.69) is 9.82 Å². The van der Waals surface area contributed by atoms with Crippen LogP contribution in [0.4, 0.5) is 5.69 Å². The number of hydrogen-bond acceptors (Lipinski definition) is 4. The van der Waals surface area contributed by atoms with Crippen molar-refractivity contribution in [3.05, 3.63) is 11.4 Å². The minimum absolute atomic E-state index is 0.0985. The standard InChI is InChI=1S/C10H17N3O4S/c1-6(2)13-8(4)10(7(3)11-13)12-18(16,17)5-9(14)15/h6,12H,5H2,1-4H3,(H,14,15). The summed E-state index contributed by atoms with van der Waals surface area (Å²) in [7, 11) is -3.89. The van der Waals surface area contributed by atoms with E-state index in [1.54, 1.807) is 18.5 Å². The average molecular weight is 275 g/mol. The molecular formula is C10H17N3O4S. The number of aryl methyl sites for hydroxylation is 1. The van der Waals surface area contributed by atoms with Crippen LogP contribution in [0.5, 0.6) is 0 Å². The van der Waals surface area contributed by atoms with Gasteiger partial charge in [0.15, 0.2) is 5.75 Å². The molecule has 0 saturated carbocycles. The molecule has 0 atom stereocenters. The first-order valence-corrected chi connectivity index (χ1v) is 7.07. The van der Waals surface area contributed by atoms with Gasteiger partial charge in [0.2, 0.25) is 10.0 Å². The van der Waals surface area contributed by atoms with Gasteiger partial charge in [-0.25, -0.2) is 8.42 Å². The third kappa shape index (κ3) is 3.22. The zero-order valence-corrected chi connectivity index (χ0v) is 11.6. The van der Waals surface area contributed by atoms with Gasteiger partial charge in [0.25, 0.3) is 0 Å². The first-order chi connectivity index (χ1) is 8.14. The van der Waals surface area contributed by atoms with Gasteiger partial charge in [0.05, 0.1) is 17.1 Å². The summed E-state index contributed by atoms with van der Waals surface area (Å²) in [4.78, 5) is 10.4. The van der Waals surface area contributed by atoms with Gasteiger partial charge in [-0.2, -0.15) is 5.10 Å². The third-order valence-corrected chi connectivity index (χ3v) is 3.53. The van der Waals surface area contributed by atoms with Crippen molar-refractivity contribution in [2.45, 2.75) is 33.7 Å². The van der Waals surface area contributed by atoms with Gasteiger partial charge >= 0.3 is 5.97 Å². The maximum Gasteiger partial charge on any atom is 0.320 e. The number of nitrogens with one attached hydrogen (secondary N) is 1. The predicted octanol–water partition coefficient (Wildman–Crippen LogP) is 0.907. The van der Waals surface area contributed by atoms with Crippen molar-refractivity contribution < 1.29 is 18.3 Å². The number of nitrogens with zero attached hydrogens (tertiary/aromatic N) is 2. The lowest BCUT2D eigenvalue weighted by Crippen LogP contribution is -2.23. The fourth-order valence-electron chi connectivity index (χ4n) is 1.67. The summed E-state index contributed by atoms with van der Waals surface area (Å²) in [5.41, 5.74) is 1.54. The summed E-state index contributed by atoms with van der Waals surface area (Å²) in [5, 5.41) is 12.7. The molecule has 2 N–H and O–H groups in total. The van der Waals surface area contributed by atoms with E-state index in [4.69, 9.17) is 5.11 Å². The van der Waals surface area contributed by atoms with Crippen LogP contribution in [0.25, 0.3) is 0 Å². The van der Waals surface area contributed by atoms with E-state index in [0.29, 0.717) is 17.1 Å². The summed E-state index contributed by atoms with van der Waals surface area (Å²) in [6, 6.07) is 0.0985. The molecule has 0 fully saturated rings. The lowest BCUT2D eigenvalue weighted by molar-refractivity contribution is -0.134. The van der Waals surface area contributed by atoms with Crippen LogP contribution in [0.15, 0.2) is 0 Å². The van der Waals surface area contributed by atoms with Crippen LogP contribution in [0, 0.1) is 13.8 Å². The monoisotopic (exact) mass is 275 g/mol. The van der Waals surface area contributed by atoms with E-state index in [-0.39, 0.29) is 6.04 Å². The molecule has 0 aliphatic heterocycles.